The van der Waals surface area contributed by atoms with Crippen molar-refractivity contribution in [3.8, 4) is 5.75 Å². The Morgan fingerprint density at radius 3 is 2.65 bits per heavy atom. The summed E-state index contributed by atoms with van der Waals surface area (Å²) in [5.41, 5.74) is 1.40. The summed E-state index contributed by atoms with van der Waals surface area (Å²) in [6.07, 6.45) is 0. The van der Waals surface area contributed by atoms with E-state index >= 15 is 0 Å². The lowest BCUT2D eigenvalue weighted by Crippen LogP contribution is -2.20. The van der Waals surface area contributed by atoms with Crippen molar-refractivity contribution in [2.24, 2.45) is 0 Å². The SMILES string of the molecule is COc1ccccc1NC(=O)Nc1ccc(Br)c(C)n1. The molecule has 0 atom stereocenters. The van der Waals surface area contributed by atoms with Crippen molar-refractivity contribution in [1.29, 1.82) is 0 Å². The molecule has 0 aliphatic carbocycles. The number of ether oxygens (including phenoxy) is 1. The number of rotatable bonds is 3. The average molecular weight is 336 g/mol. The summed E-state index contributed by atoms with van der Waals surface area (Å²) in [4.78, 5) is 16.2. The third-order valence-corrected chi connectivity index (χ3v) is 3.46. The van der Waals surface area contributed by atoms with Gasteiger partial charge in [-0.3, -0.25) is 5.32 Å². The van der Waals surface area contributed by atoms with E-state index in [1.807, 2.05) is 25.1 Å². The van der Waals surface area contributed by atoms with Crippen LogP contribution in [-0.4, -0.2) is 18.1 Å². The van der Waals surface area contributed by atoms with E-state index in [2.05, 4.69) is 31.5 Å². The molecular weight excluding hydrogens is 322 g/mol. The standard InChI is InChI=1S/C14H14BrN3O2/c1-9-10(15)7-8-13(16-9)18-14(19)17-11-5-3-4-6-12(11)20-2/h3-8H,1-2H3,(H2,16,17,18,19). The molecule has 0 spiro atoms. The number of carbonyl (C=O) groups excluding carboxylic acids is 1. The number of benzene rings is 1. The molecule has 2 amide bonds. The predicted molar refractivity (Wildman–Crippen MR) is 82.3 cm³/mol. The highest BCUT2D eigenvalue weighted by Crippen LogP contribution is 2.23. The highest BCUT2D eigenvalue weighted by Gasteiger charge is 2.08. The minimum Gasteiger partial charge on any atom is -0.495 e. The molecule has 2 N–H and O–H groups in total. The molecule has 0 bridgehead atoms. The molecule has 2 aromatic rings. The number of methoxy groups -OCH3 is 1. The average Bonchev–Trinajstić information content (AvgIpc) is 2.43. The molecule has 2 rings (SSSR count). The molecule has 0 aliphatic rings. The second-order valence-electron chi connectivity index (χ2n) is 4.04. The Morgan fingerprint density at radius 2 is 1.95 bits per heavy atom. The number of urea groups is 1. The summed E-state index contributed by atoms with van der Waals surface area (Å²) < 4.78 is 6.06. The van der Waals surface area contributed by atoms with Crippen molar-refractivity contribution in [2.75, 3.05) is 17.7 Å². The number of pyridine rings is 1. The zero-order valence-corrected chi connectivity index (χ0v) is 12.7. The molecule has 0 saturated carbocycles. The number of halogens is 1. The molecule has 6 heteroatoms. The molecule has 0 saturated heterocycles. The molecule has 0 unspecified atom stereocenters. The van der Waals surface area contributed by atoms with E-state index in [-0.39, 0.29) is 6.03 Å². The largest absolute Gasteiger partial charge is 0.495 e. The van der Waals surface area contributed by atoms with Gasteiger partial charge in [0.15, 0.2) is 0 Å². The Bertz CT molecular complexity index is 632. The number of aromatic nitrogens is 1. The summed E-state index contributed by atoms with van der Waals surface area (Å²) in [5, 5.41) is 5.39. The van der Waals surface area contributed by atoms with Crippen molar-refractivity contribution < 1.29 is 9.53 Å². The zero-order chi connectivity index (χ0) is 14.5. The maximum atomic E-state index is 11.9. The number of aryl methyl sites for hydroxylation is 1. The molecule has 0 fully saturated rings. The second-order valence-corrected chi connectivity index (χ2v) is 4.90. The molecule has 0 aliphatic heterocycles. The van der Waals surface area contributed by atoms with Crippen LogP contribution in [0.2, 0.25) is 0 Å². The summed E-state index contributed by atoms with van der Waals surface area (Å²) in [7, 11) is 1.55. The van der Waals surface area contributed by atoms with Gasteiger partial charge in [0.2, 0.25) is 0 Å². The van der Waals surface area contributed by atoms with Gasteiger partial charge in [-0.1, -0.05) is 12.1 Å². The summed E-state index contributed by atoms with van der Waals surface area (Å²) in [5.74, 6) is 1.08. The van der Waals surface area contributed by atoms with Gasteiger partial charge in [0.25, 0.3) is 0 Å². The number of carbonyl (C=O) groups is 1. The topological polar surface area (TPSA) is 63.2 Å². The van der Waals surface area contributed by atoms with Gasteiger partial charge in [0.1, 0.15) is 11.6 Å². The molecule has 0 radical (unpaired) electrons. The maximum Gasteiger partial charge on any atom is 0.324 e. The van der Waals surface area contributed by atoms with Crippen molar-refractivity contribution in [1.82, 2.24) is 4.98 Å². The van der Waals surface area contributed by atoms with Crippen molar-refractivity contribution in [2.45, 2.75) is 6.92 Å². The fraction of sp³-hybridized carbons (Fsp3) is 0.143. The fourth-order valence-electron chi connectivity index (χ4n) is 1.63. The van der Waals surface area contributed by atoms with Gasteiger partial charge in [-0.2, -0.15) is 0 Å². The van der Waals surface area contributed by atoms with Crippen molar-refractivity contribution in [3.63, 3.8) is 0 Å². The Morgan fingerprint density at radius 1 is 1.20 bits per heavy atom. The molecule has 1 aromatic heterocycles. The lowest BCUT2D eigenvalue weighted by Gasteiger charge is -2.11. The molecule has 5 nitrogen and oxygen atoms in total. The van der Waals surface area contributed by atoms with E-state index in [4.69, 9.17) is 4.74 Å². The highest BCUT2D eigenvalue weighted by atomic mass is 79.9. The monoisotopic (exact) mass is 335 g/mol. The van der Waals surface area contributed by atoms with Crippen LogP contribution in [0, 0.1) is 6.92 Å². The van der Waals surface area contributed by atoms with Gasteiger partial charge >= 0.3 is 6.03 Å². The van der Waals surface area contributed by atoms with Gasteiger partial charge in [0, 0.05) is 4.47 Å². The number of nitrogens with one attached hydrogen (secondary N) is 2. The number of nitrogens with zero attached hydrogens (tertiary/aromatic N) is 1. The quantitative estimate of drug-likeness (QED) is 0.896. The van der Waals surface area contributed by atoms with Crippen LogP contribution in [0.15, 0.2) is 40.9 Å². The van der Waals surface area contributed by atoms with Gasteiger partial charge in [-0.25, -0.2) is 9.78 Å². The van der Waals surface area contributed by atoms with Crippen LogP contribution in [0.4, 0.5) is 16.3 Å². The van der Waals surface area contributed by atoms with Crippen molar-refractivity contribution >= 4 is 33.5 Å². The van der Waals surface area contributed by atoms with Crippen LogP contribution in [0.5, 0.6) is 5.75 Å². The molecule has 20 heavy (non-hydrogen) atoms. The van der Waals surface area contributed by atoms with Crippen LogP contribution in [0.3, 0.4) is 0 Å². The van der Waals surface area contributed by atoms with Gasteiger partial charge < -0.3 is 10.1 Å². The van der Waals surface area contributed by atoms with E-state index in [1.165, 1.54) is 0 Å². The first-order valence-corrected chi connectivity index (χ1v) is 6.73. The zero-order valence-electron chi connectivity index (χ0n) is 11.1. The van der Waals surface area contributed by atoms with E-state index in [9.17, 15) is 4.79 Å². The van der Waals surface area contributed by atoms with E-state index in [1.54, 1.807) is 25.3 Å². The van der Waals surface area contributed by atoms with E-state index < -0.39 is 0 Å². The first kappa shape index (κ1) is 14.3. The van der Waals surface area contributed by atoms with Crippen LogP contribution in [-0.2, 0) is 0 Å². The molecule has 104 valence electrons. The third-order valence-electron chi connectivity index (χ3n) is 2.62. The Kier molecular flexibility index (Phi) is 4.57. The van der Waals surface area contributed by atoms with Crippen LogP contribution >= 0.6 is 15.9 Å². The normalized spacial score (nSPS) is 9.95. The van der Waals surface area contributed by atoms with Gasteiger partial charge in [0.05, 0.1) is 18.5 Å². The second kappa shape index (κ2) is 6.38. The van der Waals surface area contributed by atoms with E-state index in [0.29, 0.717) is 17.3 Å². The lowest BCUT2D eigenvalue weighted by molar-refractivity contribution is 0.262. The first-order chi connectivity index (χ1) is 9.60. The summed E-state index contributed by atoms with van der Waals surface area (Å²) in [6, 6.07) is 10.4. The van der Waals surface area contributed by atoms with Gasteiger partial charge in [-0.05, 0) is 47.1 Å². The number of anilines is 2. The lowest BCUT2D eigenvalue weighted by atomic mass is 10.3. The van der Waals surface area contributed by atoms with E-state index in [0.717, 1.165) is 10.2 Å². The minimum atomic E-state index is -0.372. The highest BCUT2D eigenvalue weighted by molar-refractivity contribution is 9.10. The molecule has 1 aromatic carbocycles. The number of hydrogen-bond acceptors (Lipinski definition) is 3. The van der Waals surface area contributed by atoms with Gasteiger partial charge in [-0.15, -0.1) is 0 Å². The third kappa shape index (κ3) is 3.48. The smallest absolute Gasteiger partial charge is 0.324 e. The number of amides is 2. The van der Waals surface area contributed by atoms with Crippen LogP contribution in [0.25, 0.3) is 0 Å². The first-order valence-electron chi connectivity index (χ1n) is 5.94. The van der Waals surface area contributed by atoms with Crippen LogP contribution in [0.1, 0.15) is 5.69 Å². The predicted octanol–water partition coefficient (Wildman–Crippen LogP) is 3.81. The fourth-order valence-corrected chi connectivity index (χ4v) is 1.85. The molecule has 1 heterocycles. The Labute approximate surface area is 125 Å². The Balaban J connectivity index is 2.07. The molecular formula is C14H14BrN3O2. The maximum absolute atomic E-state index is 11.9. The number of para-hydroxylation sites is 2. The Hall–Kier alpha value is -2.08. The minimum absolute atomic E-state index is 0.372. The van der Waals surface area contributed by atoms with Crippen LogP contribution < -0.4 is 15.4 Å². The van der Waals surface area contributed by atoms with Crippen molar-refractivity contribution in [3.05, 3.63) is 46.6 Å². The number of hydrogen-bond donors (Lipinski definition) is 2. The summed E-state index contributed by atoms with van der Waals surface area (Å²) >= 11 is 3.36. The summed E-state index contributed by atoms with van der Waals surface area (Å²) in [6.45, 7) is 1.85.